The van der Waals surface area contributed by atoms with Crippen LogP contribution in [0.1, 0.15) is 44.3 Å². The normalized spacial score (nSPS) is 18.2. The van der Waals surface area contributed by atoms with Crippen LogP contribution in [0.25, 0.3) is 33.8 Å². The molecule has 1 saturated carbocycles. The summed E-state index contributed by atoms with van der Waals surface area (Å²) in [4.78, 5) is 28.6. The van der Waals surface area contributed by atoms with Crippen molar-refractivity contribution in [1.29, 1.82) is 0 Å². The molecular formula is C26H31ClN6O4. The topological polar surface area (TPSA) is 121 Å². The number of aromatic nitrogens is 6. The number of hydrogen-bond donors (Lipinski definition) is 1. The molecule has 4 aromatic heterocycles. The van der Waals surface area contributed by atoms with Gasteiger partial charge < -0.3 is 14.0 Å². The number of imidazole rings is 1. The molecule has 10 nitrogen and oxygen atoms in total. The Morgan fingerprint density at radius 2 is 1.89 bits per heavy atom. The van der Waals surface area contributed by atoms with Gasteiger partial charge in [-0.15, -0.1) is 0 Å². The van der Waals surface area contributed by atoms with Gasteiger partial charge in [0.15, 0.2) is 0 Å². The van der Waals surface area contributed by atoms with E-state index in [1.165, 1.54) is 25.7 Å². The standard InChI is InChI=1S/C26H31ClN6O4/c1-15-4-6-16(7-5-15)12-33-23-20(30-25(33)18(13-35-2)14-36-3)9-21(24-31-26(34)37-32-24)29-22(23)17-8-19(27)11-28-10-17/h8-11,15-16,18H,4-7,12-14H2,1-3H3,(H,31,32,34)/t15-,16-. The van der Waals surface area contributed by atoms with Crippen LogP contribution in [0.5, 0.6) is 0 Å². The summed E-state index contributed by atoms with van der Waals surface area (Å²) in [7, 11) is 3.36. The van der Waals surface area contributed by atoms with Crippen molar-refractivity contribution in [2.75, 3.05) is 27.4 Å². The maximum atomic E-state index is 11.7. The van der Waals surface area contributed by atoms with Crippen LogP contribution in [-0.2, 0) is 16.0 Å². The molecule has 4 aromatic rings. The van der Waals surface area contributed by atoms with Gasteiger partial charge in [-0.05, 0) is 36.8 Å². The summed E-state index contributed by atoms with van der Waals surface area (Å²) in [5.74, 6) is 1.65. The van der Waals surface area contributed by atoms with E-state index in [0.717, 1.165) is 34.9 Å². The van der Waals surface area contributed by atoms with E-state index in [4.69, 9.17) is 35.6 Å². The van der Waals surface area contributed by atoms with Crippen molar-refractivity contribution < 1.29 is 14.0 Å². The lowest BCUT2D eigenvalue weighted by molar-refractivity contribution is 0.112. The predicted molar refractivity (Wildman–Crippen MR) is 140 cm³/mol. The van der Waals surface area contributed by atoms with Gasteiger partial charge in [-0.2, -0.15) is 0 Å². The zero-order valence-corrected chi connectivity index (χ0v) is 22.0. The molecule has 0 aliphatic heterocycles. The number of nitrogens with one attached hydrogen (secondary N) is 1. The Hall–Kier alpha value is -3.08. The number of rotatable bonds is 9. The molecule has 0 unspecified atom stereocenters. The van der Waals surface area contributed by atoms with E-state index in [9.17, 15) is 4.79 Å². The first-order chi connectivity index (χ1) is 18.0. The van der Waals surface area contributed by atoms with Crippen molar-refractivity contribution in [3.05, 3.63) is 45.9 Å². The molecule has 0 radical (unpaired) electrons. The van der Waals surface area contributed by atoms with E-state index < -0.39 is 5.76 Å². The van der Waals surface area contributed by atoms with Crippen LogP contribution in [0.4, 0.5) is 0 Å². The summed E-state index contributed by atoms with van der Waals surface area (Å²) in [6, 6.07) is 3.65. The molecule has 5 rings (SSSR count). The Bertz CT molecular complexity index is 1420. The molecule has 0 atom stereocenters. The molecule has 1 N–H and O–H groups in total. The Kier molecular flexibility index (Phi) is 7.68. The zero-order chi connectivity index (χ0) is 25.9. The summed E-state index contributed by atoms with van der Waals surface area (Å²) < 4.78 is 18.1. The highest BCUT2D eigenvalue weighted by molar-refractivity contribution is 6.30. The number of aromatic amines is 1. The van der Waals surface area contributed by atoms with Gasteiger partial charge in [0, 0.05) is 38.7 Å². The van der Waals surface area contributed by atoms with E-state index in [1.807, 2.05) is 12.1 Å². The lowest BCUT2D eigenvalue weighted by Crippen LogP contribution is -2.23. The van der Waals surface area contributed by atoms with Crippen molar-refractivity contribution in [1.82, 2.24) is 29.7 Å². The molecule has 0 bridgehead atoms. The minimum Gasteiger partial charge on any atom is -0.384 e. The third-order valence-electron chi connectivity index (χ3n) is 7.09. The number of pyridine rings is 2. The summed E-state index contributed by atoms with van der Waals surface area (Å²) >= 11 is 6.33. The molecular weight excluding hydrogens is 496 g/mol. The van der Waals surface area contributed by atoms with Crippen molar-refractivity contribution in [3.8, 4) is 22.8 Å². The smallest absolute Gasteiger partial charge is 0.384 e. The van der Waals surface area contributed by atoms with Crippen LogP contribution in [0, 0.1) is 11.8 Å². The van der Waals surface area contributed by atoms with E-state index in [0.29, 0.717) is 35.5 Å². The average Bonchev–Trinajstić information content (AvgIpc) is 3.48. The van der Waals surface area contributed by atoms with E-state index in [-0.39, 0.29) is 11.7 Å². The average molecular weight is 527 g/mol. The second-order valence-electron chi connectivity index (χ2n) is 9.87. The minimum absolute atomic E-state index is 0.0782. The zero-order valence-electron chi connectivity index (χ0n) is 21.2. The lowest BCUT2D eigenvalue weighted by atomic mass is 9.83. The van der Waals surface area contributed by atoms with Crippen LogP contribution in [-0.4, -0.2) is 57.1 Å². The van der Waals surface area contributed by atoms with E-state index >= 15 is 0 Å². The van der Waals surface area contributed by atoms with Gasteiger partial charge in [0.25, 0.3) is 0 Å². The Labute approximate surface area is 219 Å². The molecule has 4 heterocycles. The third-order valence-corrected chi connectivity index (χ3v) is 7.30. The van der Waals surface area contributed by atoms with Gasteiger partial charge >= 0.3 is 5.76 Å². The first kappa shape index (κ1) is 25.6. The molecule has 37 heavy (non-hydrogen) atoms. The quantitative estimate of drug-likeness (QED) is 0.333. The van der Waals surface area contributed by atoms with Crippen LogP contribution < -0.4 is 5.76 Å². The number of methoxy groups -OCH3 is 2. The molecule has 1 aliphatic rings. The van der Waals surface area contributed by atoms with Gasteiger partial charge in [-0.25, -0.2) is 14.8 Å². The minimum atomic E-state index is -0.652. The first-order valence-corrected chi connectivity index (χ1v) is 12.9. The summed E-state index contributed by atoms with van der Waals surface area (Å²) in [6.07, 6.45) is 8.08. The molecule has 0 spiro atoms. The number of nitrogens with zero attached hydrogens (tertiary/aromatic N) is 5. The molecule has 11 heteroatoms. The van der Waals surface area contributed by atoms with E-state index in [2.05, 4.69) is 26.6 Å². The van der Waals surface area contributed by atoms with Crippen LogP contribution in [0.15, 0.2) is 33.8 Å². The maximum Gasteiger partial charge on any atom is 0.439 e. The van der Waals surface area contributed by atoms with Crippen LogP contribution in [0.3, 0.4) is 0 Å². The largest absolute Gasteiger partial charge is 0.439 e. The fourth-order valence-electron chi connectivity index (χ4n) is 5.24. The van der Waals surface area contributed by atoms with Crippen molar-refractivity contribution >= 4 is 22.6 Å². The highest BCUT2D eigenvalue weighted by atomic mass is 35.5. The van der Waals surface area contributed by atoms with Crippen molar-refractivity contribution in [2.24, 2.45) is 11.8 Å². The SMILES string of the molecule is COCC(COC)c1nc2cc(-c3noc(=O)[nH]3)nc(-c3cncc(Cl)c3)c2n1C[C@H]1CC[C@H](C)CC1. The Morgan fingerprint density at radius 1 is 1.14 bits per heavy atom. The molecule has 0 aromatic carbocycles. The fourth-order valence-corrected chi connectivity index (χ4v) is 5.42. The first-order valence-electron chi connectivity index (χ1n) is 12.5. The number of fused-ring (bicyclic) bond motifs is 1. The number of ether oxygens (including phenoxy) is 2. The second-order valence-corrected chi connectivity index (χ2v) is 10.3. The van der Waals surface area contributed by atoms with Gasteiger partial charge in [0.05, 0.1) is 40.9 Å². The Morgan fingerprint density at radius 3 is 2.54 bits per heavy atom. The lowest BCUT2D eigenvalue weighted by Gasteiger charge is -2.28. The van der Waals surface area contributed by atoms with Crippen LogP contribution in [0.2, 0.25) is 5.02 Å². The fraction of sp³-hybridized carbons (Fsp3) is 0.500. The van der Waals surface area contributed by atoms with Crippen molar-refractivity contribution in [2.45, 2.75) is 45.1 Å². The highest BCUT2D eigenvalue weighted by Crippen LogP contribution is 2.36. The van der Waals surface area contributed by atoms with Gasteiger partial charge in [-0.1, -0.05) is 36.5 Å². The second kappa shape index (κ2) is 11.1. The molecule has 0 saturated heterocycles. The van der Waals surface area contributed by atoms with Gasteiger partial charge in [0.1, 0.15) is 11.5 Å². The highest BCUT2D eigenvalue weighted by Gasteiger charge is 2.28. The summed E-state index contributed by atoms with van der Waals surface area (Å²) in [6.45, 7) is 4.06. The van der Waals surface area contributed by atoms with Crippen molar-refractivity contribution in [3.63, 3.8) is 0 Å². The van der Waals surface area contributed by atoms with Gasteiger partial charge in [0.2, 0.25) is 5.82 Å². The molecule has 196 valence electrons. The van der Waals surface area contributed by atoms with E-state index in [1.54, 1.807) is 26.6 Å². The van der Waals surface area contributed by atoms with Crippen LogP contribution >= 0.6 is 11.6 Å². The number of hydrogen-bond acceptors (Lipinski definition) is 8. The van der Waals surface area contributed by atoms with Gasteiger partial charge in [-0.3, -0.25) is 14.5 Å². The number of halogens is 1. The molecule has 0 amide bonds. The third kappa shape index (κ3) is 5.46. The molecule has 1 fully saturated rings. The summed E-state index contributed by atoms with van der Waals surface area (Å²) in [5, 5.41) is 4.34. The maximum absolute atomic E-state index is 11.7. The molecule has 1 aliphatic carbocycles. The monoisotopic (exact) mass is 526 g/mol. The predicted octanol–water partition coefficient (Wildman–Crippen LogP) is 4.69. The number of H-pyrrole nitrogens is 1. The Balaban J connectivity index is 1.74. The summed E-state index contributed by atoms with van der Waals surface area (Å²) in [5.41, 5.74) is 3.43.